The Morgan fingerprint density at radius 3 is 2.37 bits per heavy atom. The molecule has 0 unspecified atom stereocenters. The Balaban J connectivity index is 1.94. The van der Waals surface area contributed by atoms with Crippen LogP contribution in [0.2, 0.25) is 0 Å². The molecule has 2 aromatic carbocycles. The van der Waals surface area contributed by atoms with Gasteiger partial charge in [0.15, 0.2) is 16.9 Å². The third kappa shape index (κ3) is 3.43. The van der Waals surface area contributed by atoms with E-state index in [-0.39, 0.29) is 28.0 Å². The van der Waals surface area contributed by atoms with Crippen molar-refractivity contribution >= 4 is 16.7 Å². The van der Waals surface area contributed by atoms with E-state index < -0.39 is 0 Å². The van der Waals surface area contributed by atoms with Crippen molar-refractivity contribution in [1.29, 1.82) is 0 Å². The molecule has 4 rings (SSSR count). The van der Waals surface area contributed by atoms with Gasteiger partial charge in [0.1, 0.15) is 22.5 Å². The van der Waals surface area contributed by atoms with Crippen molar-refractivity contribution in [2.75, 3.05) is 52.5 Å². The molecule has 7 nitrogen and oxygen atoms in total. The molecule has 158 valence electrons. The fourth-order valence-electron chi connectivity index (χ4n) is 3.70. The zero-order chi connectivity index (χ0) is 21.3. The number of nitrogens with zero attached hydrogens (tertiary/aromatic N) is 1. The van der Waals surface area contributed by atoms with Gasteiger partial charge in [-0.05, 0) is 18.2 Å². The van der Waals surface area contributed by atoms with Crippen LogP contribution in [0.15, 0.2) is 39.5 Å². The second kappa shape index (κ2) is 8.23. The van der Waals surface area contributed by atoms with Crippen LogP contribution in [0, 0.1) is 5.82 Å². The average Bonchev–Trinajstić information content (AvgIpc) is 2.78. The fraction of sp³-hybridized carbons (Fsp3) is 0.318. The number of hydrogen-bond donors (Lipinski definition) is 0. The standard InChI is InChI=1S/C22H22FNO6/c1-26-19-12-18-20(22(28-3)21(19)27-2)16(25)11-17(30-18)14-5-4-13(23)10-15(14)24-6-8-29-9-7-24/h4-5,10-12H,6-9H2,1-3H3. The van der Waals surface area contributed by atoms with E-state index in [2.05, 4.69) is 0 Å². The number of benzene rings is 2. The van der Waals surface area contributed by atoms with Gasteiger partial charge in [-0.2, -0.15) is 0 Å². The summed E-state index contributed by atoms with van der Waals surface area (Å²) < 4.78 is 41.7. The molecule has 8 heteroatoms. The van der Waals surface area contributed by atoms with Gasteiger partial charge in [-0.25, -0.2) is 4.39 Å². The first-order valence-corrected chi connectivity index (χ1v) is 9.46. The summed E-state index contributed by atoms with van der Waals surface area (Å²) in [6.45, 7) is 2.33. The zero-order valence-electron chi connectivity index (χ0n) is 17.0. The van der Waals surface area contributed by atoms with Crippen molar-refractivity contribution in [1.82, 2.24) is 0 Å². The number of morpholine rings is 1. The highest BCUT2D eigenvalue weighted by molar-refractivity contribution is 5.90. The summed E-state index contributed by atoms with van der Waals surface area (Å²) in [6, 6.07) is 7.37. The molecule has 2 heterocycles. The molecule has 0 radical (unpaired) electrons. The number of fused-ring (bicyclic) bond motifs is 1. The second-order valence-electron chi connectivity index (χ2n) is 6.75. The van der Waals surface area contributed by atoms with Crippen molar-refractivity contribution in [2.24, 2.45) is 0 Å². The predicted octanol–water partition coefficient (Wildman–Crippen LogP) is 3.46. The molecule has 0 atom stereocenters. The van der Waals surface area contributed by atoms with Crippen LogP contribution in [0.5, 0.6) is 17.2 Å². The fourth-order valence-corrected chi connectivity index (χ4v) is 3.70. The van der Waals surface area contributed by atoms with Crippen molar-refractivity contribution in [2.45, 2.75) is 0 Å². The Morgan fingerprint density at radius 1 is 0.967 bits per heavy atom. The van der Waals surface area contributed by atoms with Gasteiger partial charge in [0, 0.05) is 30.8 Å². The van der Waals surface area contributed by atoms with Crippen LogP contribution in [-0.4, -0.2) is 47.6 Å². The quantitative estimate of drug-likeness (QED) is 0.632. The summed E-state index contributed by atoms with van der Waals surface area (Å²) >= 11 is 0. The summed E-state index contributed by atoms with van der Waals surface area (Å²) in [7, 11) is 4.40. The zero-order valence-corrected chi connectivity index (χ0v) is 17.0. The Bertz CT molecular complexity index is 1140. The third-order valence-corrected chi connectivity index (χ3v) is 5.10. The van der Waals surface area contributed by atoms with Crippen LogP contribution in [0.3, 0.4) is 0 Å². The Labute approximate surface area is 172 Å². The molecule has 0 saturated carbocycles. The largest absolute Gasteiger partial charge is 0.493 e. The summed E-state index contributed by atoms with van der Waals surface area (Å²) in [5, 5.41) is 0.244. The highest BCUT2D eigenvalue weighted by Crippen LogP contribution is 2.43. The Hall–Kier alpha value is -3.26. The molecule has 0 bridgehead atoms. The van der Waals surface area contributed by atoms with E-state index >= 15 is 0 Å². The van der Waals surface area contributed by atoms with Crippen molar-refractivity contribution < 1.29 is 27.8 Å². The number of rotatable bonds is 5. The smallest absolute Gasteiger partial charge is 0.204 e. The molecule has 30 heavy (non-hydrogen) atoms. The van der Waals surface area contributed by atoms with Gasteiger partial charge in [-0.1, -0.05) is 0 Å². The maximum absolute atomic E-state index is 14.0. The number of anilines is 1. The Kier molecular flexibility index (Phi) is 5.50. The minimum Gasteiger partial charge on any atom is -0.493 e. The molecule has 0 aliphatic carbocycles. The molecule has 1 saturated heterocycles. The Morgan fingerprint density at radius 2 is 1.70 bits per heavy atom. The molecule has 1 aromatic heterocycles. The first-order chi connectivity index (χ1) is 14.6. The molecule has 0 spiro atoms. The van der Waals surface area contributed by atoms with E-state index in [0.29, 0.717) is 54.8 Å². The average molecular weight is 415 g/mol. The minimum atomic E-state index is -0.364. The lowest BCUT2D eigenvalue weighted by molar-refractivity contribution is 0.122. The number of ether oxygens (including phenoxy) is 4. The van der Waals surface area contributed by atoms with Crippen molar-refractivity contribution in [3.63, 3.8) is 0 Å². The lowest BCUT2D eigenvalue weighted by Crippen LogP contribution is -2.36. The molecule has 1 aliphatic heterocycles. The summed E-state index contributed by atoms with van der Waals surface area (Å²) in [5.74, 6) is 0.873. The van der Waals surface area contributed by atoms with E-state index in [0.717, 1.165) is 0 Å². The van der Waals surface area contributed by atoms with E-state index in [9.17, 15) is 9.18 Å². The highest BCUT2D eigenvalue weighted by Gasteiger charge is 2.23. The second-order valence-corrected chi connectivity index (χ2v) is 6.75. The molecule has 1 fully saturated rings. The highest BCUT2D eigenvalue weighted by atomic mass is 19.1. The van der Waals surface area contributed by atoms with Gasteiger partial charge in [0.05, 0.1) is 40.2 Å². The lowest BCUT2D eigenvalue weighted by atomic mass is 10.1. The monoisotopic (exact) mass is 415 g/mol. The summed E-state index contributed by atoms with van der Waals surface area (Å²) in [6.07, 6.45) is 0. The van der Waals surface area contributed by atoms with E-state index in [1.807, 2.05) is 4.90 Å². The van der Waals surface area contributed by atoms with E-state index in [4.69, 9.17) is 23.4 Å². The predicted molar refractivity (Wildman–Crippen MR) is 111 cm³/mol. The number of methoxy groups -OCH3 is 3. The molecular weight excluding hydrogens is 393 g/mol. The van der Waals surface area contributed by atoms with Gasteiger partial charge in [-0.3, -0.25) is 4.79 Å². The lowest BCUT2D eigenvalue weighted by Gasteiger charge is -2.30. The summed E-state index contributed by atoms with van der Waals surface area (Å²) in [5.41, 5.74) is 1.24. The van der Waals surface area contributed by atoms with Crippen LogP contribution in [-0.2, 0) is 4.74 Å². The van der Waals surface area contributed by atoms with Crippen molar-refractivity contribution in [3.8, 4) is 28.6 Å². The summed E-state index contributed by atoms with van der Waals surface area (Å²) in [4.78, 5) is 15.0. The maximum Gasteiger partial charge on any atom is 0.204 e. The van der Waals surface area contributed by atoms with E-state index in [1.165, 1.54) is 39.5 Å². The maximum atomic E-state index is 14.0. The van der Waals surface area contributed by atoms with Gasteiger partial charge in [0.2, 0.25) is 5.75 Å². The topological polar surface area (TPSA) is 70.4 Å². The molecule has 0 N–H and O–H groups in total. The van der Waals surface area contributed by atoms with Crippen LogP contribution < -0.4 is 24.5 Å². The molecular formula is C22H22FNO6. The van der Waals surface area contributed by atoms with Crippen molar-refractivity contribution in [3.05, 3.63) is 46.4 Å². The van der Waals surface area contributed by atoms with Gasteiger partial charge >= 0.3 is 0 Å². The van der Waals surface area contributed by atoms with Gasteiger partial charge in [-0.15, -0.1) is 0 Å². The first kappa shape index (κ1) is 20.0. The molecule has 3 aromatic rings. The van der Waals surface area contributed by atoms with Crippen LogP contribution >= 0.6 is 0 Å². The number of halogens is 1. The number of hydrogen-bond acceptors (Lipinski definition) is 7. The van der Waals surface area contributed by atoms with Gasteiger partial charge < -0.3 is 28.3 Å². The SMILES string of the molecule is COc1cc2oc(-c3ccc(F)cc3N3CCOCC3)cc(=O)c2c(OC)c1OC. The van der Waals surface area contributed by atoms with Crippen LogP contribution in [0.25, 0.3) is 22.3 Å². The third-order valence-electron chi connectivity index (χ3n) is 5.10. The van der Waals surface area contributed by atoms with Crippen LogP contribution in [0.1, 0.15) is 0 Å². The first-order valence-electron chi connectivity index (χ1n) is 9.46. The molecule has 1 aliphatic rings. The van der Waals surface area contributed by atoms with E-state index in [1.54, 1.807) is 12.1 Å². The van der Waals surface area contributed by atoms with Crippen LogP contribution in [0.4, 0.5) is 10.1 Å². The minimum absolute atomic E-state index is 0.236. The normalized spacial score (nSPS) is 14.1. The van der Waals surface area contributed by atoms with Gasteiger partial charge in [0.25, 0.3) is 0 Å². The molecule has 0 amide bonds.